The Balaban J connectivity index is 1.75. The molecule has 1 aromatic heterocycles. The summed E-state index contributed by atoms with van der Waals surface area (Å²) in [4.78, 5) is 30.5. The lowest BCUT2D eigenvalue weighted by molar-refractivity contribution is -0.142. The number of hydrogen-bond acceptors (Lipinski definition) is 3. The van der Waals surface area contributed by atoms with E-state index in [4.69, 9.17) is 0 Å². The van der Waals surface area contributed by atoms with Gasteiger partial charge in [0.2, 0.25) is 11.8 Å². The van der Waals surface area contributed by atoms with E-state index in [-0.39, 0.29) is 17.6 Å². The summed E-state index contributed by atoms with van der Waals surface area (Å²) >= 11 is 0. The van der Waals surface area contributed by atoms with E-state index in [9.17, 15) is 14.0 Å². The highest BCUT2D eigenvalue weighted by molar-refractivity contribution is 5.97. The fourth-order valence-electron chi connectivity index (χ4n) is 2.82. The molecule has 0 spiro atoms. The second-order valence-electron chi connectivity index (χ2n) is 5.76. The molecule has 1 aromatic carbocycles. The third-order valence-corrected chi connectivity index (χ3v) is 4.05. The van der Waals surface area contributed by atoms with Gasteiger partial charge in [-0.25, -0.2) is 9.37 Å². The maximum Gasteiger partial charge on any atom is 0.248 e. The zero-order valence-electron chi connectivity index (χ0n) is 13.1. The van der Waals surface area contributed by atoms with E-state index < -0.39 is 6.04 Å². The Morgan fingerprint density at radius 1 is 1.25 bits per heavy atom. The lowest BCUT2D eigenvalue weighted by Gasteiger charge is -2.34. The third kappa shape index (κ3) is 3.76. The highest BCUT2D eigenvalue weighted by Gasteiger charge is 2.33. The van der Waals surface area contributed by atoms with Crippen LogP contribution >= 0.6 is 0 Å². The molecule has 0 aliphatic carbocycles. The van der Waals surface area contributed by atoms with Crippen LogP contribution in [0.25, 0.3) is 0 Å². The van der Waals surface area contributed by atoms with Gasteiger partial charge in [0.1, 0.15) is 17.7 Å². The number of hydrogen-bond donors (Lipinski definition) is 1. The van der Waals surface area contributed by atoms with Crippen molar-refractivity contribution in [1.29, 1.82) is 0 Å². The minimum atomic E-state index is -0.543. The van der Waals surface area contributed by atoms with Gasteiger partial charge in [-0.05, 0) is 42.7 Å². The van der Waals surface area contributed by atoms with Gasteiger partial charge in [-0.15, -0.1) is 0 Å². The number of piperidine rings is 1. The van der Waals surface area contributed by atoms with Crippen molar-refractivity contribution in [3.05, 3.63) is 60.0 Å². The Kier molecular flexibility index (Phi) is 4.84. The quantitative estimate of drug-likeness (QED) is 0.939. The van der Waals surface area contributed by atoms with Crippen molar-refractivity contribution < 1.29 is 14.0 Å². The minimum Gasteiger partial charge on any atom is -0.326 e. The molecular weight excluding hydrogens is 309 g/mol. The first-order valence-electron chi connectivity index (χ1n) is 7.89. The molecule has 0 bridgehead atoms. The van der Waals surface area contributed by atoms with Crippen LogP contribution in [0.5, 0.6) is 0 Å². The molecule has 1 N–H and O–H groups in total. The van der Waals surface area contributed by atoms with Crippen molar-refractivity contribution in [3.63, 3.8) is 0 Å². The largest absolute Gasteiger partial charge is 0.326 e. The summed E-state index contributed by atoms with van der Waals surface area (Å²) in [5.74, 6) is -0.175. The number of halogens is 1. The van der Waals surface area contributed by atoms with E-state index in [1.165, 1.54) is 12.1 Å². The number of likely N-dealkylation sites (tertiary alicyclic amines) is 1. The number of carbonyl (C=O) groups is 2. The number of pyridine rings is 1. The summed E-state index contributed by atoms with van der Waals surface area (Å²) in [7, 11) is 0. The molecule has 0 radical (unpaired) electrons. The van der Waals surface area contributed by atoms with E-state index in [0.29, 0.717) is 31.6 Å². The van der Waals surface area contributed by atoms with Crippen molar-refractivity contribution in [3.8, 4) is 0 Å². The lowest BCUT2D eigenvalue weighted by Crippen LogP contribution is -2.49. The van der Waals surface area contributed by atoms with Gasteiger partial charge in [0, 0.05) is 19.2 Å². The standard InChI is InChI=1S/C18H18FN3O2/c19-14-9-7-13(8-10-14)12-22-15(4-3-6-17(22)23)18(24)21-16-5-1-2-11-20-16/h1-2,5,7-11,15H,3-4,6,12H2,(H,20,21,24). The summed E-state index contributed by atoms with van der Waals surface area (Å²) in [6.07, 6.45) is 3.30. The SMILES string of the molecule is O=C(Nc1ccccn1)C1CCCC(=O)N1Cc1ccc(F)cc1. The maximum atomic E-state index is 13.0. The first-order chi connectivity index (χ1) is 11.6. The number of aromatic nitrogens is 1. The Hall–Kier alpha value is -2.76. The lowest BCUT2D eigenvalue weighted by atomic mass is 9.99. The topological polar surface area (TPSA) is 62.3 Å². The predicted octanol–water partition coefficient (Wildman–Crippen LogP) is 2.74. The fraction of sp³-hybridized carbons (Fsp3) is 0.278. The van der Waals surface area contributed by atoms with Crippen LogP contribution in [0.2, 0.25) is 0 Å². The van der Waals surface area contributed by atoms with Crippen LogP contribution < -0.4 is 5.32 Å². The van der Waals surface area contributed by atoms with Gasteiger partial charge in [-0.2, -0.15) is 0 Å². The van der Waals surface area contributed by atoms with E-state index >= 15 is 0 Å². The minimum absolute atomic E-state index is 0.0632. The number of amides is 2. The molecule has 124 valence electrons. The normalized spacial score (nSPS) is 17.6. The summed E-state index contributed by atoms with van der Waals surface area (Å²) in [5, 5.41) is 2.75. The van der Waals surface area contributed by atoms with Gasteiger partial charge < -0.3 is 10.2 Å². The highest BCUT2D eigenvalue weighted by Crippen LogP contribution is 2.22. The van der Waals surface area contributed by atoms with E-state index in [0.717, 1.165) is 5.56 Å². The third-order valence-electron chi connectivity index (χ3n) is 4.05. The van der Waals surface area contributed by atoms with E-state index in [1.54, 1.807) is 41.4 Å². The molecule has 2 heterocycles. The number of anilines is 1. The molecule has 2 aromatic rings. The molecule has 3 rings (SSSR count). The molecule has 0 saturated carbocycles. The first kappa shape index (κ1) is 16.1. The summed E-state index contributed by atoms with van der Waals surface area (Å²) in [5.41, 5.74) is 0.794. The molecule has 1 fully saturated rings. The van der Waals surface area contributed by atoms with Crippen LogP contribution in [0.4, 0.5) is 10.2 Å². The van der Waals surface area contributed by atoms with Gasteiger partial charge in [0.05, 0.1) is 0 Å². The smallest absolute Gasteiger partial charge is 0.248 e. The first-order valence-corrected chi connectivity index (χ1v) is 7.89. The van der Waals surface area contributed by atoms with Gasteiger partial charge in [0.25, 0.3) is 0 Å². The number of nitrogens with one attached hydrogen (secondary N) is 1. The number of benzene rings is 1. The fourth-order valence-corrected chi connectivity index (χ4v) is 2.82. The molecule has 1 aliphatic heterocycles. The Labute approximate surface area is 139 Å². The van der Waals surface area contributed by atoms with Gasteiger partial charge in [-0.3, -0.25) is 9.59 Å². The highest BCUT2D eigenvalue weighted by atomic mass is 19.1. The molecule has 2 amide bonds. The maximum absolute atomic E-state index is 13.0. The zero-order chi connectivity index (χ0) is 16.9. The second-order valence-corrected chi connectivity index (χ2v) is 5.76. The Morgan fingerprint density at radius 3 is 2.75 bits per heavy atom. The molecule has 5 nitrogen and oxygen atoms in total. The van der Waals surface area contributed by atoms with E-state index in [2.05, 4.69) is 10.3 Å². The van der Waals surface area contributed by atoms with E-state index in [1.807, 2.05) is 0 Å². The second kappa shape index (κ2) is 7.21. The summed E-state index contributed by atoms with van der Waals surface area (Å²) in [6.45, 7) is 0.291. The van der Waals surface area contributed by atoms with Crippen LogP contribution in [0.1, 0.15) is 24.8 Å². The van der Waals surface area contributed by atoms with Crippen LogP contribution in [-0.2, 0) is 16.1 Å². The molecular formula is C18H18FN3O2. The number of nitrogens with zero attached hydrogens (tertiary/aromatic N) is 2. The van der Waals surface area contributed by atoms with Crippen LogP contribution in [0.3, 0.4) is 0 Å². The summed E-state index contributed by atoms with van der Waals surface area (Å²) < 4.78 is 13.0. The van der Waals surface area contributed by atoms with Crippen molar-refractivity contribution >= 4 is 17.6 Å². The van der Waals surface area contributed by atoms with Crippen LogP contribution in [0.15, 0.2) is 48.7 Å². The molecule has 24 heavy (non-hydrogen) atoms. The predicted molar refractivity (Wildman–Crippen MR) is 87.5 cm³/mol. The van der Waals surface area contributed by atoms with Crippen molar-refractivity contribution in [1.82, 2.24) is 9.88 Å². The van der Waals surface area contributed by atoms with Gasteiger partial charge >= 0.3 is 0 Å². The molecule has 1 atom stereocenters. The van der Waals surface area contributed by atoms with Crippen molar-refractivity contribution in [2.45, 2.75) is 31.8 Å². The van der Waals surface area contributed by atoms with Gasteiger partial charge in [0.15, 0.2) is 0 Å². The van der Waals surface area contributed by atoms with Crippen LogP contribution in [-0.4, -0.2) is 27.7 Å². The Morgan fingerprint density at radius 2 is 2.04 bits per heavy atom. The molecule has 1 saturated heterocycles. The number of rotatable bonds is 4. The van der Waals surface area contributed by atoms with Crippen molar-refractivity contribution in [2.24, 2.45) is 0 Å². The van der Waals surface area contributed by atoms with Gasteiger partial charge in [-0.1, -0.05) is 18.2 Å². The molecule has 1 unspecified atom stereocenters. The Bertz CT molecular complexity index is 719. The van der Waals surface area contributed by atoms with Crippen molar-refractivity contribution in [2.75, 3.05) is 5.32 Å². The average Bonchev–Trinajstić information content (AvgIpc) is 2.59. The summed E-state index contributed by atoms with van der Waals surface area (Å²) in [6, 6.07) is 10.7. The zero-order valence-corrected chi connectivity index (χ0v) is 13.1. The molecule has 6 heteroatoms. The number of carbonyl (C=O) groups excluding carboxylic acids is 2. The average molecular weight is 327 g/mol. The molecule has 1 aliphatic rings. The van der Waals surface area contributed by atoms with Crippen LogP contribution in [0, 0.1) is 5.82 Å². The monoisotopic (exact) mass is 327 g/mol.